The van der Waals surface area contributed by atoms with Crippen molar-refractivity contribution in [2.45, 2.75) is 18.9 Å². The number of aliphatic carboxylic acids is 1. The van der Waals surface area contributed by atoms with Crippen LogP contribution in [0.1, 0.15) is 22.5 Å². The maximum Gasteiger partial charge on any atom is 0.326 e. The molecule has 0 bridgehead atoms. The Balaban J connectivity index is 1.83. The molecule has 1 N–H and O–H groups in total. The third kappa shape index (κ3) is 2.69. The molecular weight excluding hydrogens is 286 g/mol. The van der Waals surface area contributed by atoms with E-state index in [9.17, 15) is 14.7 Å². The predicted octanol–water partition coefficient (Wildman–Crippen LogP) is 3.10. The molecule has 4 nitrogen and oxygen atoms in total. The van der Waals surface area contributed by atoms with Crippen molar-refractivity contribution in [1.82, 2.24) is 4.90 Å². The number of hydrogen-bond donors (Lipinski definition) is 1. The average Bonchev–Trinajstić information content (AvgIpc) is 3.17. The van der Waals surface area contributed by atoms with E-state index >= 15 is 0 Å². The summed E-state index contributed by atoms with van der Waals surface area (Å²) in [5.74, 6) is -1.09. The number of carboxylic acids is 1. The number of amides is 1. The first-order valence-corrected chi connectivity index (χ1v) is 7.72. The number of rotatable bonds is 3. The zero-order chi connectivity index (χ0) is 14.8. The molecule has 1 amide bonds. The van der Waals surface area contributed by atoms with Crippen molar-refractivity contribution in [3.63, 3.8) is 0 Å². The fourth-order valence-corrected chi connectivity index (χ4v) is 3.51. The zero-order valence-electron chi connectivity index (χ0n) is 11.4. The maximum absolute atomic E-state index is 12.5. The van der Waals surface area contributed by atoms with Crippen LogP contribution < -0.4 is 0 Å². The molecule has 21 heavy (non-hydrogen) atoms. The van der Waals surface area contributed by atoms with Crippen LogP contribution in [-0.4, -0.2) is 34.5 Å². The standard InChI is InChI=1S/C16H15NO3S/c18-15(17-8-4-7-13(17)16(19)20)14-9-12(10-21-14)11-5-2-1-3-6-11/h1-3,5-6,9-10,13H,4,7-8H2,(H,19,20). The number of carbonyl (C=O) groups is 2. The van der Waals surface area contributed by atoms with Crippen LogP contribution in [0.4, 0.5) is 0 Å². The number of likely N-dealkylation sites (tertiary alicyclic amines) is 1. The normalized spacial score (nSPS) is 17.9. The molecule has 1 aromatic carbocycles. The Bertz CT molecular complexity index is 665. The number of carbonyl (C=O) groups excluding carboxylic acids is 1. The fourth-order valence-electron chi connectivity index (χ4n) is 2.64. The molecule has 2 heterocycles. The molecule has 0 spiro atoms. The first-order chi connectivity index (χ1) is 10.2. The third-order valence-corrected chi connectivity index (χ3v) is 4.63. The lowest BCUT2D eigenvalue weighted by atomic mass is 10.1. The van der Waals surface area contributed by atoms with E-state index in [0.29, 0.717) is 17.8 Å². The van der Waals surface area contributed by atoms with E-state index in [1.54, 1.807) is 0 Å². The first kappa shape index (κ1) is 13.8. The Hall–Kier alpha value is -2.14. The van der Waals surface area contributed by atoms with Gasteiger partial charge in [-0.3, -0.25) is 4.79 Å². The van der Waals surface area contributed by atoms with Crippen molar-refractivity contribution in [2.24, 2.45) is 0 Å². The van der Waals surface area contributed by atoms with Crippen LogP contribution in [0, 0.1) is 0 Å². The summed E-state index contributed by atoms with van der Waals surface area (Å²) >= 11 is 1.37. The number of nitrogens with zero attached hydrogens (tertiary/aromatic N) is 1. The largest absolute Gasteiger partial charge is 0.480 e. The minimum atomic E-state index is -0.916. The molecule has 1 unspecified atom stereocenters. The topological polar surface area (TPSA) is 57.6 Å². The molecule has 0 radical (unpaired) electrons. The molecule has 1 aliphatic rings. The molecule has 1 atom stereocenters. The molecule has 1 saturated heterocycles. The van der Waals surface area contributed by atoms with Gasteiger partial charge in [0.15, 0.2) is 0 Å². The Morgan fingerprint density at radius 1 is 1.19 bits per heavy atom. The first-order valence-electron chi connectivity index (χ1n) is 6.84. The van der Waals surface area contributed by atoms with Gasteiger partial charge in [-0.2, -0.15) is 0 Å². The fraction of sp³-hybridized carbons (Fsp3) is 0.250. The highest BCUT2D eigenvalue weighted by Gasteiger charge is 2.34. The van der Waals surface area contributed by atoms with Crippen LogP contribution in [0.3, 0.4) is 0 Å². The van der Waals surface area contributed by atoms with Crippen LogP contribution in [0.15, 0.2) is 41.8 Å². The van der Waals surface area contributed by atoms with Crippen molar-refractivity contribution in [3.05, 3.63) is 46.7 Å². The zero-order valence-corrected chi connectivity index (χ0v) is 12.2. The van der Waals surface area contributed by atoms with E-state index in [1.807, 2.05) is 41.8 Å². The van der Waals surface area contributed by atoms with Crippen molar-refractivity contribution < 1.29 is 14.7 Å². The van der Waals surface area contributed by atoms with Crippen LogP contribution >= 0.6 is 11.3 Å². The number of hydrogen-bond acceptors (Lipinski definition) is 3. The van der Waals surface area contributed by atoms with Crippen LogP contribution in [-0.2, 0) is 4.79 Å². The Morgan fingerprint density at radius 3 is 2.67 bits per heavy atom. The maximum atomic E-state index is 12.5. The average molecular weight is 301 g/mol. The molecule has 3 rings (SSSR count). The summed E-state index contributed by atoms with van der Waals surface area (Å²) < 4.78 is 0. The molecular formula is C16H15NO3S. The molecule has 2 aromatic rings. The smallest absolute Gasteiger partial charge is 0.326 e. The van der Waals surface area contributed by atoms with Gasteiger partial charge in [0.25, 0.3) is 5.91 Å². The van der Waals surface area contributed by atoms with Gasteiger partial charge in [0.2, 0.25) is 0 Å². The second kappa shape index (κ2) is 5.69. The van der Waals surface area contributed by atoms with E-state index in [4.69, 9.17) is 0 Å². The quantitative estimate of drug-likeness (QED) is 0.947. The molecule has 108 valence electrons. The predicted molar refractivity (Wildman–Crippen MR) is 81.4 cm³/mol. The van der Waals surface area contributed by atoms with Crippen molar-refractivity contribution in [3.8, 4) is 11.1 Å². The van der Waals surface area contributed by atoms with Gasteiger partial charge in [0.05, 0.1) is 4.88 Å². The number of thiophene rings is 1. The Kier molecular flexibility index (Phi) is 3.75. The number of benzene rings is 1. The van der Waals surface area contributed by atoms with Crippen molar-refractivity contribution in [2.75, 3.05) is 6.54 Å². The third-order valence-electron chi connectivity index (χ3n) is 3.72. The highest BCUT2D eigenvalue weighted by Crippen LogP contribution is 2.28. The summed E-state index contributed by atoms with van der Waals surface area (Å²) in [6.07, 6.45) is 1.29. The highest BCUT2D eigenvalue weighted by molar-refractivity contribution is 7.12. The lowest BCUT2D eigenvalue weighted by molar-refractivity contribution is -0.141. The van der Waals surface area contributed by atoms with Gasteiger partial charge in [-0.1, -0.05) is 30.3 Å². The second-order valence-corrected chi connectivity index (χ2v) is 5.97. The van der Waals surface area contributed by atoms with E-state index < -0.39 is 12.0 Å². The summed E-state index contributed by atoms with van der Waals surface area (Å²) in [4.78, 5) is 25.7. The van der Waals surface area contributed by atoms with Crippen LogP contribution in [0.2, 0.25) is 0 Å². The lowest BCUT2D eigenvalue weighted by Crippen LogP contribution is -2.40. The van der Waals surface area contributed by atoms with Gasteiger partial charge < -0.3 is 10.0 Å². The minimum absolute atomic E-state index is 0.174. The van der Waals surface area contributed by atoms with E-state index in [0.717, 1.165) is 17.5 Å². The summed E-state index contributed by atoms with van der Waals surface area (Å²) in [7, 11) is 0. The minimum Gasteiger partial charge on any atom is -0.480 e. The van der Waals surface area contributed by atoms with Gasteiger partial charge in [-0.25, -0.2) is 4.79 Å². The molecule has 1 aliphatic heterocycles. The van der Waals surface area contributed by atoms with Crippen molar-refractivity contribution >= 4 is 23.2 Å². The SMILES string of the molecule is O=C(O)C1CCCN1C(=O)c1cc(-c2ccccc2)cs1. The summed E-state index contributed by atoms with van der Waals surface area (Å²) in [5.41, 5.74) is 2.05. The van der Waals surface area contributed by atoms with Gasteiger partial charge in [0.1, 0.15) is 6.04 Å². The van der Waals surface area contributed by atoms with Gasteiger partial charge in [-0.05, 0) is 35.4 Å². The van der Waals surface area contributed by atoms with Crippen molar-refractivity contribution in [1.29, 1.82) is 0 Å². The Morgan fingerprint density at radius 2 is 1.95 bits per heavy atom. The van der Waals surface area contributed by atoms with Gasteiger partial charge in [0, 0.05) is 6.54 Å². The molecule has 0 saturated carbocycles. The molecule has 1 fully saturated rings. The molecule has 1 aromatic heterocycles. The highest BCUT2D eigenvalue weighted by atomic mass is 32.1. The summed E-state index contributed by atoms with van der Waals surface area (Å²) in [6, 6.07) is 11.0. The van der Waals surface area contributed by atoms with Gasteiger partial charge in [-0.15, -0.1) is 11.3 Å². The van der Waals surface area contributed by atoms with Crippen LogP contribution in [0.5, 0.6) is 0 Å². The molecule has 5 heteroatoms. The van der Waals surface area contributed by atoms with Crippen LogP contribution in [0.25, 0.3) is 11.1 Å². The summed E-state index contributed by atoms with van der Waals surface area (Å²) in [6.45, 7) is 0.522. The van der Waals surface area contributed by atoms with Gasteiger partial charge >= 0.3 is 5.97 Å². The lowest BCUT2D eigenvalue weighted by Gasteiger charge is -2.20. The van der Waals surface area contributed by atoms with E-state index in [-0.39, 0.29) is 5.91 Å². The molecule has 0 aliphatic carbocycles. The second-order valence-electron chi connectivity index (χ2n) is 5.06. The Labute approximate surface area is 126 Å². The number of carboxylic acid groups (broad SMARTS) is 1. The van der Waals surface area contributed by atoms with E-state index in [2.05, 4.69) is 0 Å². The summed E-state index contributed by atoms with van der Waals surface area (Å²) in [5, 5.41) is 11.1. The van der Waals surface area contributed by atoms with E-state index in [1.165, 1.54) is 16.2 Å². The monoisotopic (exact) mass is 301 g/mol.